The summed E-state index contributed by atoms with van der Waals surface area (Å²) in [5, 5.41) is 1.91. The predicted molar refractivity (Wildman–Crippen MR) is 107 cm³/mol. The third-order valence-corrected chi connectivity index (χ3v) is 6.13. The molecule has 0 bridgehead atoms. The van der Waals surface area contributed by atoms with E-state index in [1.807, 2.05) is 65.4 Å². The topological polar surface area (TPSA) is 49.9 Å². The molecule has 2 unspecified atom stereocenters. The molecule has 2 heterocycles. The zero-order valence-electron chi connectivity index (χ0n) is 16.1. The molecule has 1 fully saturated rings. The van der Waals surface area contributed by atoms with Crippen LogP contribution in [0.4, 0.5) is 0 Å². The van der Waals surface area contributed by atoms with Crippen molar-refractivity contribution in [2.75, 3.05) is 33.3 Å². The van der Waals surface area contributed by atoms with E-state index >= 15 is 0 Å². The van der Waals surface area contributed by atoms with Crippen molar-refractivity contribution >= 4 is 23.2 Å². The number of hydrogen-bond acceptors (Lipinski definition) is 4. The van der Waals surface area contributed by atoms with Crippen LogP contribution in [0.5, 0.6) is 5.75 Å². The number of carbonyl (C=O) groups excluding carboxylic acids is 2. The molecule has 0 radical (unpaired) electrons. The summed E-state index contributed by atoms with van der Waals surface area (Å²) in [6, 6.07) is 11.6. The highest BCUT2D eigenvalue weighted by Crippen LogP contribution is 2.35. The van der Waals surface area contributed by atoms with Crippen LogP contribution in [0.2, 0.25) is 0 Å². The first kappa shape index (κ1) is 19.4. The largest absolute Gasteiger partial charge is 0.497 e. The van der Waals surface area contributed by atoms with Crippen LogP contribution in [0.1, 0.15) is 35.0 Å². The lowest BCUT2D eigenvalue weighted by molar-refractivity contribution is -0.135. The lowest BCUT2D eigenvalue weighted by Gasteiger charge is -2.25. The maximum Gasteiger partial charge on any atom is 0.263 e. The Bertz CT molecular complexity index is 769. The van der Waals surface area contributed by atoms with Gasteiger partial charge >= 0.3 is 0 Å². The maximum atomic E-state index is 13.1. The third kappa shape index (κ3) is 4.00. The maximum absolute atomic E-state index is 13.1. The van der Waals surface area contributed by atoms with Crippen molar-refractivity contribution in [3.63, 3.8) is 0 Å². The van der Waals surface area contributed by atoms with Gasteiger partial charge in [-0.15, -0.1) is 11.3 Å². The summed E-state index contributed by atoms with van der Waals surface area (Å²) in [4.78, 5) is 30.4. The van der Waals surface area contributed by atoms with Gasteiger partial charge in [0.1, 0.15) is 5.75 Å². The lowest BCUT2D eigenvalue weighted by Crippen LogP contribution is -2.39. The molecule has 5 nitrogen and oxygen atoms in total. The molecule has 1 aromatic heterocycles. The second kappa shape index (κ2) is 8.57. The fourth-order valence-electron chi connectivity index (χ4n) is 3.73. The second-order valence-corrected chi connectivity index (χ2v) is 7.63. The Morgan fingerprint density at radius 2 is 1.85 bits per heavy atom. The summed E-state index contributed by atoms with van der Waals surface area (Å²) in [5.74, 6) is 0.700. The Morgan fingerprint density at radius 1 is 1.15 bits per heavy atom. The fourth-order valence-corrected chi connectivity index (χ4v) is 4.43. The minimum Gasteiger partial charge on any atom is -0.497 e. The number of benzene rings is 1. The van der Waals surface area contributed by atoms with E-state index in [0.29, 0.717) is 26.2 Å². The summed E-state index contributed by atoms with van der Waals surface area (Å²) in [6.45, 7) is 6.37. The first-order valence-corrected chi connectivity index (χ1v) is 10.2. The van der Waals surface area contributed by atoms with Crippen LogP contribution in [-0.4, -0.2) is 54.9 Å². The normalized spacial score (nSPS) is 19.1. The molecule has 1 saturated heterocycles. The number of likely N-dealkylation sites (tertiary alicyclic amines) is 1. The van der Waals surface area contributed by atoms with Gasteiger partial charge in [-0.1, -0.05) is 18.2 Å². The van der Waals surface area contributed by atoms with E-state index in [1.165, 1.54) is 11.3 Å². The molecular formula is C21H26N2O3S. The van der Waals surface area contributed by atoms with Gasteiger partial charge in [-0.05, 0) is 43.0 Å². The monoisotopic (exact) mass is 386 g/mol. The van der Waals surface area contributed by atoms with Gasteiger partial charge in [0.15, 0.2) is 0 Å². The standard InChI is InChI=1S/C21H26N2O3S/c1-4-22(5-2)20(24)18-14-23(21(25)19-7-6-12-27-19)13-17(18)15-8-10-16(26-3)11-9-15/h6-12,17-18H,4-5,13-14H2,1-3H3. The molecule has 1 aromatic carbocycles. The number of hydrogen-bond donors (Lipinski definition) is 0. The Labute approximate surface area is 164 Å². The summed E-state index contributed by atoms with van der Waals surface area (Å²) in [7, 11) is 1.64. The zero-order chi connectivity index (χ0) is 19.4. The van der Waals surface area contributed by atoms with Crippen LogP contribution in [0.25, 0.3) is 0 Å². The van der Waals surface area contributed by atoms with Crippen LogP contribution >= 0.6 is 11.3 Å². The molecular weight excluding hydrogens is 360 g/mol. The Hall–Kier alpha value is -2.34. The van der Waals surface area contributed by atoms with Gasteiger partial charge in [0.05, 0.1) is 17.9 Å². The lowest BCUT2D eigenvalue weighted by atomic mass is 9.88. The molecule has 1 aliphatic heterocycles. The predicted octanol–water partition coefficient (Wildman–Crippen LogP) is 3.48. The Balaban J connectivity index is 1.88. The van der Waals surface area contributed by atoms with E-state index < -0.39 is 0 Å². The molecule has 0 N–H and O–H groups in total. The average Bonchev–Trinajstić information content (AvgIpc) is 3.38. The minimum absolute atomic E-state index is 0.00656. The number of amides is 2. The second-order valence-electron chi connectivity index (χ2n) is 6.68. The smallest absolute Gasteiger partial charge is 0.263 e. The van der Waals surface area contributed by atoms with E-state index in [9.17, 15) is 9.59 Å². The Kier molecular flexibility index (Phi) is 6.16. The summed E-state index contributed by atoms with van der Waals surface area (Å²) >= 11 is 1.44. The number of carbonyl (C=O) groups is 2. The first-order valence-electron chi connectivity index (χ1n) is 9.34. The number of thiophene rings is 1. The van der Waals surface area contributed by atoms with Crippen LogP contribution < -0.4 is 4.74 Å². The molecule has 0 spiro atoms. The van der Waals surface area contributed by atoms with Crippen molar-refractivity contribution < 1.29 is 14.3 Å². The number of rotatable bonds is 6. The molecule has 1 aliphatic rings. The van der Waals surface area contributed by atoms with Crippen molar-refractivity contribution in [2.24, 2.45) is 5.92 Å². The zero-order valence-corrected chi connectivity index (χ0v) is 16.9. The summed E-state index contributed by atoms with van der Waals surface area (Å²) in [5.41, 5.74) is 1.07. The molecule has 2 aromatic rings. The van der Waals surface area contributed by atoms with E-state index in [0.717, 1.165) is 16.2 Å². The average molecular weight is 387 g/mol. The third-order valence-electron chi connectivity index (χ3n) is 5.28. The molecule has 27 heavy (non-hydrogen) atoms. The van der Waals surface area contributed by atoms with Crippen LogP contribution in [0.15, 0.2) is 41.8 Å². The summed E-state index contributed by atoms with van der Waals surface area (Å²) < 4.78 is 5.25. The number of methoxy groups -OCH3 is 1. The van der Waals surface area contributed by atoms with Gasteiger partial charge in [0.25, 0.3) is 5.91 Å². The van der Waals surface area contributed by atoms with E-state index in [2.05, 4.69) is 0 Å². The van der Waals surface area contributed by atoms with Crippen molar-refractivity contribution in [3.05, 3.63) is 52.2 Å². The fraction of sp³-hybridized carbons (Fsp3) is 0.429. The van der Waals surface area contributed by atoms with Crippen molar-refractivity contribution in [3.8, 4) is 5.75 Å². The van der Waals surface area contributed by atoms with Crippen molar-refractivity contribution in [1.29, 1.82) is 0 Å². The molecule has 0 saturated carbocycles. The molecule has 0 aliphatic carbocycles. The van der Waals surface area contributed by atoms with Crippen LogP contribution in [0.3, 0.4) is 0 Å². The van der Waals surface area contributed by atoms with Gasteiger partial charge in [0, 0.05) is 32.1 Å². The quantitative estimate of drug-likeness (QED) is 0.764. The highest BCUT2D eigenvalue weighted by Gasteiger charge is 2.41. The van der Waals surface area contributed by atoms with Gasteiger partial charge < -0.3 is 14.5 Å². The molecule has 3 rings (SSSR count). The number of ether oxygens (including phenoxy) is 1. The summed E-state index contributed by atoms with van der Waals surface area (Å²) in [6.07, 6.45) is 0. The number of nitrogens with zero attached hydrogens (tertiary/aromatic N) is 2. The highest BCUT2D eigenvalue weighted by molar-refractivity contribution is 7.12. The first-order chi connectivity index (χ1) is 13.1. The SMILES string of the molecule is CCN(CC)C(=O)C1CN(C(=O)c2cccs2)CC1c1ccc(OC)cc1. The van der Waals surface area contributed by atoms with Gasteiger partial charge in [-0.25, -0.2) is 0 Å². The van der Waals surface area contributed by atoms with Gasteiger partial charge in [0.2, 0.25) is 5.91 Å². The van der Waals surface area contributed by atoms with Gasteiger partial charge in [-0.2, -0.15) is 0 Å². The van der Waals surface area contributed by atoms with Crippen molar-refractivity contribution in [1.82, 2.24) is 9.80 Å². The van der Waals surface area contributed by atoms with E-state index in [-0.39, 0.29) is 23.7 Å². The van der Waals surface area contributed by atoms with Crippen LogP contribution in [-0.2, 0) is 4.79 Å². The van der Waals surface area contributed by atoms with Gasteiger partial charge in [-0.3, -0.25) is 9.59 Å². The Morgan fingerprint density at radius 3 is 2.41 bits per heavy atom. The van der Waals surface area contributed by atoms with Crippen LogP contribution in [0, 0.1) is 5.92 Å². The minimum atomic E-state index is -0.220. The highest BCUT2D eigenvalue weighted by atomic mass is 32.1. The van der Waals surface area contributed by atoms with E-state index in [4.69, 9.17) is 4.74 Å². The molecule has 144 valence electrons. The van der Waals surface area contributed by atoms with Crippen molar-refractivity contribution in [2.45, 2.75) is 19.8 Å². The molecule has 2 amide bonds. The van der Waals surface area contributed by atoms with E-state index in [1.54, 1.807) is 7.11 Å². The molecule has 6 heteroatoms. The molecule has 2 atom stereocenters.